The van der Waals surface area contributed by atoms with Gasteiger partial charge < -0.3 is 5.11 Å². The van der Waals surface area contributed by atoms with Crippen molar-refractivity contribution in [2.45, 2.75) is 31.7 Å². The molecule has 1 heterocycles. The topological polar surface area (TPSA) is 50.9 Å². The van der Waals surface area contributed by atoms with Crippen LogP contribution in [0.4, 0.5) is 0 Å². The molecular weight excluding hydrogens is 190 g/mol. The molecule has 0 spiro atoms. The smallest absolute Gasteiger partial charge is 0.154 e. The Morgan fingerprint density at radius 2 is 2.07 bits per heavy atom. The van der Waals surface area contributed by atoms with Gasteiger partial charge in [0.05, 0.1) is 11.6 Å². The van der Waals surface area contributed by atoms with E-state index in [9.17, 15) is 5.11 Å². The van der Waals surface area contributed by atoms with Crippen LogP contribution < -0.4 is 0 Å². The summed E-state index contributed by atoms with van der Waals surface area (Å²) in [6, 6.07) is 5.92. The Labute approximate surface area is 87.5 Å². The van der Waals surface area contributed by atoms with Crippen LogP contribution in [0.15, 0.2) is 18.2 Å². The van der Waals surface area contributed by atoms with Crippen LogP contribution in [0.2, 0.25) is 0 Å². The van der Waals surface area contributed by atoms with Gasteiger partial charge in [0.25, 0.3) is 0 Å². The molecular formula is C11H13N3O. The summed E-state index contributed by atoms with van der Waals surface area (Å²) in [5.41, 5.74) is 1.56. The van der Waals surface area contributed by atoms with E-state index in [0.29, 0.717) is 11.6 Å². The predicted molar refractivity (Wildman–Crippen MR) is 56.7 cm³/mol. The highest BCUT2D eigenvalue weighted by atomic mass is 16.3. The molecule has 1 aliphatic rings. The summed E-state index contributed by atoms with van der Waals surface area (Å²) < 4.78 is 1.96. The van der Waals surface area contributed by atoms with E-state index in [1.54, 1.807) is 6.07 Å². The molecule has 3 rings (SSSR count). The van der Waals surface area contributed by atoms with Gasteiger partial charge in [-0.25, -0.2) is 4.68 Å². The van der Waals surface area contributed by atoms with Crippen LogP contribution in [-0.2, 0) is 0 Å². The molecule has 0 unspecified atom stereocenters. The Bertz CT molecular complexity index is 486. The van der Waals surface area contributed by atoms with E-state index in [4.69, 9.17) is 0 Å². The molecule has 1 aliphatic carbocycles. The van der Waals surface area contributed by atoms with Gasteiger partial charge in [-0.3, -0.25) is 0 Å². The lowest BCUT2D eigenvalue weighted by Gasteiger charge is -2.09. The van der Waals surface area contributed by atoms with E-state index >= 15 is 0 Å². The van der Waals surface area contributed by atoms with Gasteiger partial charge in [-0.1, -0.05) is 24.1 Å². The second kappa shape index (κ2) is 3.22. The fourth-order valence-electron chi connectivity index (χ4n) is 2.37. The largest absolute Gasteiger partial charge is 0.506 e. The van der Waals surface area contributed by atoms with Crippen LogP contribution in [0.5, 0.6) is 5.75 Å². The summed E-state index contributed by atoms with van der Waals surface area (Å²) >= 11 is 0. The zero-order valence-corrected chi connectivity index (χ0v) is 8.43. The molecule has 1 aromatic carbocycles. The number of aromatic hydroxyl groups is 1. The molecule has 1 saturated carbocycles. The summed E-state index contributed by atoms with van der Waals surface area (Å²) in [5.74, 6) is 0.219. The molecule has 4 nitrogen and oxygen atoms in total. The lowest BCUT2D eigenvalue weighted by atomic mass is 10.2. The van der Waals surface area contributed by atoms with Gasteiger partial charge in [0.1, 0.15) is 5.75 Å². The molecule has 0 saturated heterocycles. The predicted octanol–water partition coefficient (Wildman–Crippen LogP) is 2.25. The van der Waals surface area contributed by atoms with E-state index in [0.717, 1.165) is 5.52 Å². The Hall–Kier alpha value is -1.58. The van der Waals surface area contributed by atoms with Gasteiger partial charge in [-0.15, -0.1) is 5.10 Å². The second-order valence-corrected chi connectivity index (χ2v) is 4.12. The second-order valence-electron chi connectivity index (χ2n) is 4.12. The first-order valence-corrected chi connectivity index (χ1v) is 5.39. The molecule has 1 fully saturated rings. The minimum atomic E-state index is 0.219. The van der Waals surface area contributed by atoms with Crippen molar-refractivity contribution in [3.05, 3.63) is 18.2 Å². The monoisotopic (exact) mass is 203 g/mol. The number of hydrogen-bond donors (Lipinski definition) is 1. The van der Waals surface area contributed by atoms with E-state index in [1.165, 1.54) is 25.7 Å². The maximum absolute atomic E-state index is 9.61. The number of hydrogen-bond acceptors (Lipinski definition) is 3. The van der Waals surface area contributed by atoms with Crippen molar-refractivity contribution >= 4 is 11.0 Å². The normalized spacial score (nSPS) is 17.6. The molecule has 1 aromatic heterocycles. The number of phenols is 1. The van der Waals surface area contributed by atoms with Crippen LogP contribution in [0, 0.1) is 0 Å². The molecule has 4 heteroatoms. The van der Waals surface area contributed by atoms with Crippen molar-refractivity contribution in [1.29, 1.82) is 0 Å². The number of rotatable bonds is 1. The lowest BCUT2D eigenvalue weighted by Crippen LogP contribution is -2.06. The number of nitrogens with zero attached hydrogens (tertiary/aromatic N) is 3. The van der Waals surface area contributed by atoms with Crippen molar-refractivity contribution in [2.75, 3.05) is 0 Å². The highest BCUT2D eigenvalue weighted by molar-refractivity contribution is 5.80. The van der Waals surface area contributed by atoms with Crippen LogP contribution in [-0.4, -0.2) is 20.1 Å². The van der Waals surface area contributed by atoms with Gasteiger partial charge in [-0.05, 0) is 25.0 Å². The highest BCUT2D eigenvalue weighted by Gasteiger charge is 2.20. The average Bonchev–Trinajstić information content (AvgIpc) is 2.85. The Morgan fingerprint density at radius 1 is 1.27 bits per heavy atom. The number of phenolic OH excluding ortho intramolecular Hbond substituents is 1. The van der Waals surface area contributed by atoms with Gasteiger partial charge >= 0.3 is 0 Å². The van der Waals surface area contributed by atoms with E-state index < -0.39 is 0 Å². The van der Waals surface area contributed by atoms with Gasteiger partial charge in [0.2, 0.25) is 0 Å². The SMILES string of the molecule is Oc1cccc2c1nnn2C1CCCC1. The first kappa shape index (κ1) is 8.71. The maximum atomic E-state index is 9.61. The Kier molecular flexibility index (Phi) is 1.87. The minimum Gasteiger partial charge on any atom is -0.506 e. The van der Waals surface area contributed by atoms with Crippen LogP contribution in [0.25, 0.3) is 11.0 Å². The van der Waals surface area contributed by atoms with Crippen molar-refractivity contribution in [3.8, 4) is 5.75 Å². The summed E-state index contributed by atoms with van der Waals surface area (Å²) in [5, 5.41) is 17.8. The standard InChI is InChI=1S/C11H13N3O/c15-10-7-3-6-9-11(10)12-13-14(9)8-4-1-2-5-8/h3,6-8,15H,1-2,4-5H2. The third kappa shape index (κ3) is 1.28. The molecule has 0 radical (unpaired) electrons. The lowest BCUT2D eigenvalue weighted by molar-refractivity contribution is 0.467. The number of benzene rings is 1. The third-order valence-corrected chi connectivity index (χ3v) is 3.15. The molecule has 0 bridgehead atoms. The summed E-state index contributed by atoms with van der Waals surface area (Å²) in [7, 11) is 0. The molecule has 0 atom stereocenters. The van der Waals surface area contributed by atoms with Crippen LogP contribution in [0.1, 0.15) is 31.7 Å². The first-order valence-electron chi connectivity index (χ1n) is 5.39. The minimum absolute atomic E-state index is 0.219. The van der Waals surface area contributed by atoms with Crippen LogP contribution in [0.3, 0.4) is 0 Å². The van der Waals surface area contributed by atoms with Gasteiger partial charge in [0.15, 0.2) is 5.52 Å². The Morgan fingerprint density at radius 3 is 2.87 bits per heavy atom. The molecule has 2 aromatic rings. The summed E-state index contributed by atoms with van der Waals surface area (Å²) in [6.07, 6.45) is 4.89. The molecule has 0 amide bonds. The molecule has 15 heavy (non-hydrogen) atoms. The highest BCUT2D eigenvalue weighted by Crippen LogP contribution is 2.32. The first-order chi connectivity index (χ1) is 7.36. The van der Waals surface area contributed by atoms with Crippen molar-refractivity contribution in [1.82, 2.24) is 15.0 Å². The van der Waals surface area contributed by atoms with Crippen molar-refractivity contribution < 1.29 is 5.11 Å². The summed E-state index contributed by atoms with van der Waals surface area (Å²) in [4.78, 5) is 0. The van der Waals surface area contributed by atoms with E-state index in [1.807, 2.05) is 16.8 Å². The number of aromatic nitrogens is 3. The zero-order chi connectivity index (χ0) is 10.3. The van der Waals surface area contributed by atoms with E-state index in [2.05, 4.69) is 10.3 Å². The van der Waals surface area contributed by atoms with Gasteiger partial charge in [-0.2, -0.15) is 0 Å². The van der Waals surface area contributed by atoms with Crippen molar-refractivity contribution in [2.24, 2.45) is 0 Å². The zero-order valence-electron chi connectivity index (χ0n) is 8.43. The quantitative estimate of drug-likeness (QED) is 0.773. The maximum Gasteiger partial charge on any atom is 0.154 e. The molecule has 0 aliphatic heterocycles. The van der Waals surface area contributed by atoms with Gasteiger partial charge in [0, 0.05) is 0 Å². The Balaban J connectivity index is 2.15. The van der Waals surface area contributed by atoms with E-state index in [-0.39, 0.29) is 5.75 Å². The van der Waals surface area contributed by atoms with Crippen LogP contribution >= 0.6 is 0 Å². The molecule has 78 valence electrons. The third-order valence-electron chi connectivity index (χ3n) is 3.15. The fraction of sp³-hybridized carbons (Fsp3) is 0.455. The molecule has 1 N–H and O–H groups in total. The average molecular weight is 203 g/mol. The number of fused-ring (bicyclic) bond motifs is 1. The fourth-order valence-corrected chi connectivity index (χ4v) is 2.37. The summed E-state index contributed by atoms with van der Waals surface area (Å²) in [6.45, 7) is 0. The van der Waals surface area contributed by atoms with Crippen molar-refractivity contribution in [3.63, 3.8) is 0 Å².